The van der Waals surface area contributed by atoms with Crippen LogP contribution in [0.15, 0.2) is 57.8 Å². The topological polar surface area (TPSA) is 86.7 Å². The van der Waals surface area contributed by atoms with E-state index >= 15 is 0 Å². The van der Waals surface area contributed by atoms with Crippen molar-refractivity contribution < 1.29 is 4.52 Å². The van der Waals surface area contributed by atoms with E-state index in [1.54, 1.807) is 18.2 Å². The molecule has 2 aromatic heterocycles. The summed E-state index contributed by atoms with van der Waals surface area (Å²) in [5.41, 5.74) is 2.31. The van der Waals surface area contributed by atoms with Gasteiger partial charge in [0, 0.05) is 5.56 Å². The Labute approximate surface area is 136 Å². The molecule has 0 aliphatic heterocycles. The summed E-state index contributed by atoms with van der Waals surface area (Å²) in [6, 6.07) is 14.8. The second-order valence-electron chi connectivity index (χ2n) is 5.45. The minimum atomic E-state index is -0.234. The second-order valence-corrected chi connectivity index (χ2v) is 5.45. The van der Waals surface area contributed by atoms with E-state index in [4.69, 9.17) is 4.52 Å². The zero-order valence-corrected chi connectivity index (χ0v) is 12.9. The molecule has 0 aliphatic rings. The van der Waals surface area contributed by atoms with Crippen LogP contribution in [0, 0.1) is 6.92 Å². The van der Waals surface area contributed by atoms with E-state index in [0.717, 1.165) is 11.1 Å². The summed E-state index contributed by atoms with van der Waals surface area (Å²) in [6.45, 7) is 2.11. The molecule has 0 bridgehead atoms. The van der Waals surface area contributed by atoms with Gasteiger partial charge in [0.15, 0.2) is 5.82 Å². The lowest BCUT2D eigenvalue weighted by atomic mass is 10.1. The average molecular weight is 319 g/mol. The van der Waals surface area contributed by atoms with E-state index < -0.39 is 0 Å². The van der Waals surface area contributed by atoms with E-state index in [0.29, 0.717) is 22.6 Å². The molecule has 0 unspecified atom stereocenters. The van der Waals surface area contributed by atoms with Gasteiger partial charge in [0.05, 0.1) is 5.39 Å². The molecule has 0 atom stereocenters. The van der Waals surface area contributed by atoms with Crippen molar-refractivity contribution in [2.45, 2.75) is 13.5 Å². The highest BCUT2D eigenvalue weighted by atomic mass is 16.5. The van der Waals surface area contributed by atoms with Gasteiger partial charge in [-0.15, -0.1) is 5.10 Å². The number of aryl methyl sites for hydroxylation is 1. The predicted octanol–water partition coefficient (Wildman–Crippen LogP) is 2.20. The summed E-state index contributed by atoms with van der Waals surface area (Å²) in [7, 11) is 0. The van der Waals surface area contributed by atoms with Gasteiger partial charge >= 0.3 is 0 Å². The van der Waals surface area contributed by atoms with Crippen LogP contribution in [0.4, 0.5) is 0 Å². The molecule has 0 aliphatic carbocycles. The van der Waals surface area contributed by atoms with Crippen molar-refractivity contribution in [1.82, 2.24) is 25.1 Å². The van der Waals surface area contributed by atoms with Crippen molar-refractivity contribution in [1.29, 1.82) is 0 Å². The molecule has 118 valence electrons. The van der Waals surface area contributed by atoms with Crippen LogP contribution < -0.4 is 5.56 Å². The minimum absolute atomic E-state index is 0.103. The highest BCUT2D eigenvalue weighted by molar-refractivity contribution is 5.76. The van der Waals surface area contributed by atoms with Crippen LogP contribution in [0.1, 0.15) is 11.4 Å². The molecule has 0 N–H and O–H groups in total. The molecule has 0 amide bonds. The highest BCUT2D eigenvalue weighted by Crippen LogP contribution is 2.17. The Morgan fingerprint density at radius 1 is 1.08 bits per heavy atom. The maximum atomic E-state index is 12.4. The number of hydrogen-bond acceptors (Lipinski definition) is 6. The number of hydrogen-bond donors (Lipinski definition) is 0. The van der Waals surface area contributed by atoms with Crippen molar-refractivity contribution in [3.8, 4) is 11.5 Å². The van der Waals surface area contributed by atoms with Crippen molar-refractivity contribution >= 4 is 10.9 Å². The maximum absolute atomic E-state index is 12.4. The largest absolute Gasteiger partial charge is 0.334 e. The van der Waals surface area contributed by atoms with Crippen LogP contribution in [0.3, 0.4) is 0 Å². The van der Waals surface area contributed by atoms with E-state index in [1.165, 1.54) is 4.68 Å². The highest BCUT2D eigenvalue weighted by Gasteiger charge is 2.12. The number of benzene rings is 2. The lowest BCUT2D eigenvalue weighted by Gasteiger charge is -2.01. The smallest absolute Gasteiger partial charge is 0.278 e. The molecule has 7 nitrogen and oxygen atoms in total. The van der Waals surface area contributed by atoms with Gasteiger partial charge in [-0.05, 0) is 31.2 Å². The van der Waals surface area contributed by atoms with Crippen molar-refractivity contribution in [3.05, 3.63) is 70.3 Å². The van der Waals surface area contributed by atoms with Crippen LogP contribution >= 0.6 is 0 Å². The van der Waals surface area contributed by atoms with E-state index in [-0.39, 0.29) is 12.1 Å². The van der Waals surface area contributed by atoms with Crippen LogP contribution in [-0.2, 0) is 6.54 Å². The lowest BCUT2D eigenvalue weighted by molar-refractivity contribution is 0.417. The van der Waals surface area contributed by atoms with Gasteiger partial charge in [0.25, 0.3) is 11.4 Å². The fourth-order valence-electron chi connectivity index (χ4n) is 2.39. The first-order chi connectivity index (χ1) is 11.7. The van der Waals surface area contributed by atoms with Crippen molar-refractivity contribution in [2.75, 3.05) is 0 Å². The fraction of sp³-hybridized carbons (Fsp3) is 0.118. The Bertz CT molecular complexity index is 1070. The molecule has 0 saturated carbocycles. The molecule has 4 rings (SSSR count). The monoisotopic (exact) mass is 319 g/mol. The van der Waals surface area contributed by atoms with Crippen molar-refractivity contribution in [3.63, 3.8) is 0 Å². The van der Waals surface area contributed by atoms with Gasteiger partial charge in [-0.2, -0.15) is 4.98 Å². The molecule has 2 heterocycles. The van der Waals surface area contributed by atoms with E-state index in [9.17, 15) is 4.79 Å². The molecular formula is C17H13N5O2. The van der Waals surface area contributed by atoms with Gasteiger partial charge in [-0.3, -0.25) is 4.79 Å². The van der Waals surface area contributed by atoms with E-state index in [1.807, 2.05) is 37.3 Å². The average Bonchev–Trinajstić information content (AvgIpc) is 3.07. The normalized spacial score (nSPS) is 11.0. The molecular weight excluding hydrogens is 306 g/mol. The summed E-state index contributed by atoms with van der Waals surface area (Å²) in [5, 5.41) is 12.4. The first-order valence-electron chi connectivity index (χ1n) is 7.43. The summed E-state index contributed by atoms with van der Waals surface area (Å²) < 4.78 is 6.49. The third kappa shape index (κ3) is 2.56. The van der Waals surface area contributed by atoms with Crippen LogP contribution in [0.25, 0.3) is 22.4 Å². The van der Waals surface area contributed by atoms with Gasteiger partial charge in [-0.25, -0.2) is 4.68 Å². The molecule has 0 saturated heterocycles. The number of rotatable bonds is 3. The van der Waals surface area contributed by atoms with Gasteiger partial charge in [-0.1, -0.05) is 40.2 Å². The fourth-order valence-corrected chi connectivity index (χ4v) is 2.39. The Kier molecular flexibility index (Phi) is 3.38. The van der Waals surface area contributed by atoms with Gasteiger partial charge in [0.1, 0.15) is 12.1 Å². The Hall–Kier alpha value is -3.35. The first kappa shape index (κ1) is 14.3. The zero-order chi connectivity index (χ0) is 16.5. The second kappa shape index (κ2) is 5.69. The summed E-state index contributed by atoms with van der Waals surface area (Å²) >= 11 is 0. The molecule has 7 heteroatoms. The Morgan fingerprint density at radius 3 is 2.71 bits per heavy atom. The molecule has 4 aromatic rings. The molecule has 24 heavy (non-hydrogen) atoms. The Balaban J connectivity index is 1.66. The van der Waals surface area contributed by atoms with Crippen molar-refractivity contribution in [2.24, 2.45) is 0 Å². The molecule has 0 spiro atoms. The van der Waals surface area contributed by atoms with Gasteiger partial charge in [0.2, 0.25) is 0 Å². The third-order valence-corrected chi connectivity index (χ3v) is 3.69. The first-order valence-corrected chi connectivity index (χ1v) is 7.43. The summed E-state index contributed by atoms with van der Waals surface area (Å²) in [6.07, 6.45) is 0. The standard InChI is InChI=1S/C17H13N5O2/c1-11-6-8-12(9-7-11)16-18-15(20-24-16)10-22-17(23)13-4-2-3-5-14(13)19-21-22/h2-9H,10H2,1H3. The summed E-state index contributed by atoms with van der Waals surface area (Å²) in [4.78, 5) is 16.7. The van der Waals surface area contributed by atoms with E-state index in [2.05, 4.69) is 20.5 Å². The number of fused-ring (bicyclic) bond motifs is 1. The van der Waals surface area contributed by atoms with Crippen LogP contribution in [0.2, 0.25) is 0 Å². The predicted molar refractivity (Wildman–Crippen MR) is 87.4 cm³/mol. The minimum Gasteiger partial charge on any atom is -0.334 e. The molecule has 0 fully saturated rings. The SMILES string of the molecule is Cc1ccc(-c2nc(Cn3nnc4ccccc4c3=O)no2)cc1. The third-order valence-electron chi connectivity index (χ3n) is 3.69. The Morgan fingerprint density at radius 2 is 1.88 bits per heavy atom. The lowest BCUT2D eigenvalue weighted by Crippen LogP contribution is -2.25. The van der Waals surface area contributed by atoms with Crippen LogP contribution in [-0.4, -0.2) is 25.1 Å². The summed E-state index contributed by atoms with van der Waals surface area (Å²) in [5.74, 6) is 0.782. The number of nitrogens with zero attached hydrogens (tertiary/aromatic N) is 5. The molecule has 2 aromatic carbocycles. The van der Waals surface area contributed by atoms with Gasteiger partial charge < -0.3 is 4.52 Å². The maximum Gasteiger partial charge on any atom is 0.278 e. The van der Waals surface area contributed by atoms with Crippen LogP contribution in [0.5, 0.6) is 0 Å². The quantitative estimate of drug-likeness (QED) is 0.575. The molecule has 0 radical (unpaired) electrons. The zero-order valence-electron chi connectivity index (χ0n) is 12.9. The number of aromatic nitrogens is 5.